The third-order valence-corrected chi connectivity index (χ3v) is 11.9. The lowest BCUT2D eigenvalue weighted by atomic mass is 9.78. The molecule has 60 heavy (non-hydrogen) atoms. The normalized spacial score (nSPS) is 11.3. The molecule has 0 fully saturated rings. The number of aromatic nitrogens is 1. The highest BCUT2D eigenvalue weighted by atomic mass is 14.7. The van der Waals surface area contributed by atoms with E-state index in [4.69, 9.17) is 4.98 Å². The van der Waals surface area contributed by atoms with Crippen LogP contribution in [-0.2, 0) is 0 Å². The Balaban J connectivity index is 1.18. The van der Waals surface area contributed by atoms with Crippen molar-refractivity contribution in [2.45, 2.75) is 0 Å². The zero-order valence-corrected chi connectivity index (χ0v) is 33.0. The van der Waals surface area contributed by atoms with E-state index in [1.807, 2.05) is 6.20 Å². The molecule has 0 saturated heterocycles. The number of hydrogen-bond donors (Lipinski definition) is 0. The summed E-state index contributed by atoms with van der Waals surface area (Å²) in [4.78, 5) is 5.04. The van der Waals surface area contributed by atoms with Gasteiger partial charge in [-0.25, -0.2) is 0 Å². The van der Waals surface area contributed by atoms with Crippen molar-refractivity contribution < 1.29 is 0 Å². The lowest BCUT2D eigenvalue weighted by molar-refractivity contribution is 1.37. The maximum atomic E-state index is 5.04. The molecule has 10 aromatic carbocycles. The van der Waals surface area contributed by atoms with Gasteiger partial charge in [0.25, 0.3) is 0 Å². The molecule has 11 rings (SSSR count). The van der Waals surface area contributed by atoms with Crippen LogP contribution >= 0.6 is 0 Å². The standard InChI is InChI=1S/C59H39N/c1-5-19-40(20-6-1)52-39-53(56(44-24-9-3-10-25-44)57(45-26-11-4-12-27-45)55(52)43-22-7-2-8-23-43)42-33-35-46(36-34-42)54-48-29-15-17-31-50(48)58(51-32-18-16-30-49(51)54)59-47-28-14-13-21-41(47)37-38-60-59/h1-39H. The van der Waals surface area contributed by atoms with Crippen LogP contribution in [0.4, 0.5) is 0 Å². The molecule has 1 heterocycles. The zero-order chi connectivity index (χ0) is 39.8. The van der Waals surface area contributed by atoms with E-state index in [0.29, 0.717) is 0 Å². The molecule has 0 amide bonds. The minimum absolute atomic E-state index is 1.01. The smallest absolute Gasteiger partial charge is 0.0792 e. The lowest BCUT2D eigenvalue weighted by Gasteiger charge is -2.24. The summed E-state index contributed by atoms with van der Waals surface area (Å²) in [7, 11) is 0. The van der Waals surface area contributed by atoms with Crippen LogP contribution in [0.2, 0.25) is 0 Å². The molecule has 11 aromatic rings. The van der Waals surface area contributed by atoms with E-state index in [-0.39, 0.29) is 0 Å². The molecule has 0 bridgehead atoms. The highest BCUT2D eigenvalue weighted by molar-refractivity contribution is 6.23. The summed E-state index contributed by atoms with van der Waals surface area (Å²) in [6.07, 6.45) is 1.94. The number of rotatable bonds is 7. The Labute approximate surface area is 350 Å². The van der Waals surface area contributed by atoms with E-state index in [0.717, 1.165) is 16.6 Å². The Morgan fingerprint density at radius 1 is 0.233 bits per heavy atom. The van der Waals surface area contributed by atoms with Crippen LogP contribution in [0.25, 0.3) is 110 Å². The summed E-state index contributed by atoms with van der Waals surface area (Å²) in [5.74, 6) is 0. The van der Waals surface area contributed by atoms with Crippen molar-refractivity contribution >= 4 is 32.3 Å². The van der Waals surface area contributed by atoms with Crippen LogP contribution in [0.1, 0.15) is 0 Å². The zero-order valence-electron chi connectivity index (χ0n) is 33.0. The van der Waals surface area contributed by atoms with Crippen molar-refractivity contribution in [2.75, 3.05) is 0 Å². The number of pyridine rings is 1. The molecule has 0 unspecified atom stereocenters. The Morgan fingerprint density at radius 2 is 0.583 bits per heavy atom. The first-order valence-electron chi connectivity index (χ1n) is 20.6. The molecule has 0 radical (unpaired) electrons. The first-order valence-corrected chi connectivity index (χ1v) is 20.6. The largest absolute Gasteiger partial charge is 0.256 e. The van der Waals surface area contributed by atoms with Gasteiger partial charge in [-0.2, -0.15) is 0 Å². The number of hydrogen-bond acceptors (Lipinski definition) is 1. The molecule has 0 aliphatic heterocycles. The van der Waals surface area contributed by atoms with Crippen LogP contribution in [0.15, 0.2) is 237 Å². The Hall–Kier alpha value is -7.87. The van der Waals surface area contributed by atoms with E-state index < -0.39 is 0 Å². The van der Waals surface area contributed by atoms with Crippen molar-refractivity contribution in [3.05, 3.63) is 237 Å². The molecule has 0 saturated carbocycles. The Kier molecular flexibility index (Phi) is 8.91. The SMILES string of the molecule is c1ccc(-c2cc(-c3ccc(-c4c5ccccc5c(-c5nccc6ccccc56)c5ccccc45)cc3)c(-c3ccccc3)c(-c3ccccc3)c2-c2ccccc2)cc1. The minimum Gasteiger partial charge on any atom is -0.256 e. The van der Waals surface area contributed by atoms with Gasteiger partial charge in [-0.3, -0.25) is 4.98 Å². The molecule has 1 aromatic heterocycles. The van der Waals surface area contributed by atoms with Gasteiger partial charge in [0.05, 0.1) is 5.69 Å². The van der Waals surface area contributed by atoms with Crippen molar-refractivity contribution in [3.8, 4) is 78.0 Å². The van der Waals surface area contributed by atoms with E-state index in [1.165, 1.54) is 93.7 Å². The maximum Gasteiger partial charge on any atom is 0.0792 e. The van der Waals surface area contributed by atoms with Crippen LogP contribution in [0.5, 0.6) is 0 Å². The fourth-order valence-electron chi connectivity index (χ4n) is 9.29. The molecule has 0 atom stereocenters. The Bertz CT molecular complexity index is 3260. The quantitative estimate of drug-likeness (QED) is 0.147. The monoisotopic (exact) mass is 761 g/mol. The average Bonchev–Trinajstić information content (AvgIpc) is 3.33. The number of fused-ring (bicyclic) bond motifs is 3. The van der Waals surface area contributed by atoms with Crippen molar-refractivity contribution in [1.82, 2.24) is 4.98 Å². The molecule has 280 valence electrons. The van der Waals surface area contributed by atoms with E-state index >= 15 is 0 Å². The second kappa shape index (κ2) is 15.1. The van der Waals surface area contributed by atoms with Gasteiger partial charge in [-0.15, -0.1) is 0 Å². The first-order chi connectivity index (χ1) is 29.8. The number of nitrogens with zero attached hydrogens (tertiary/aromatic N) is 1. The van der Waals surface area contributed by atoms with Gasteiger partial charge in [0.2, 0.25) is 0 Å². The van der Waals surface area contributed by atoms with Crippen LogP contribution in [0.3, 0.4) is 0 Å². The van der Waals surface area contributed by atoms with Crippen LogP contribution in [0, 0.1) is 0 Å². The second-order valence-corrected chi connectivity index (χ2v) is 15.4. The number of benzene rings is 10. The molecular formula is C59H39N. The summed E-state index contributed by atoms with van der Waals surface area (Å²) in [6, 6.07) is 83.6. The van der Waals surface area contributed by atoms with Gasteiger partial charge in [-0.1, -0.05) is 218 Å². The highest BCUT2D eigenvalue weighted by Crippen LogP contribution is 2.51. The van der Waals surface area contributed by atoms with E-state index in [1.54, 1.807) is 0 Å². The van der Waals surface area contributed by atoms with Crippen molar-refractivity contribution in [1.29, 1.82) is 0 Å². The van der Waals surface area contributed by atoms with Gasteiger partial charge < -0.3 is 0 Å². The van der Waals surface area contributed by atoms with Gasteiger partial charge in [0.15, 0.2) is 0 Å². The van der Waals surface area contributed by atoms with Gasteiger partial charge in [0, 0.05) is 17.1 Å². The predicted molar refractivity (Wildman–Crippen MR) is 255 cm³/mol. The third kappa shape index (κ3) is 6.08. The molecule has 1 nitrogen and oxygen atoms in total. The highest BCUT2D eigenvalue weighted by Gasteiger charge is 2.24. The molecule has 0 spiro atoms. The van der Waals surface area contributed by atoms with Crippen LogP contribution < -0.4 is 0 Å². The fraction of sp³-hybridized carbons (Fsp3) is 0. The molecule has 0 aliphatic carbocycles. The predicted octanol–water partition coefficient (Wildman–Crippen LogP) is 16.2. The third-order valence-electron chi connectivity index (χ3n) is 11.9. The van der Waals surface area contributed by atoms with Crippen molar-refractivity contribution in [3.63, 3.8) is 0 Å². The molecule has 0 N–H and O–H groups in total. The van der Waals surface area contributed by atoms with Gasteiger partial charge in [-0.05, 0) is 106 Å². The average molecular weight is 762 g/mol. The topological polar surface area (TPSA) is 12.9 Å². The first kappa shape index (κ1) is 35.3. The Morgan fingerprint density at radius 3 is 1.08 bits per heavy atom. The summed E-state index contributed by atoms with van der Waals surface area (Å²) < 4.78 is 0. The fourth-order valence-corrected chi connectivity index (χ4v) is 9.29. The minimum atomic E-state index is 1.01. The lowest BCUT2D eigenvalue weighted by Crippen LogP contribution is -1.98. The summed E-state index contributed by atoms with van der Waals surface area (Å²) in [5, 5.41) is 7.16. The summed E-state index contributed by atoms with van der Waals surface area (Å²) in [5.41, 5.74) is 16.6. The summed E-state index contributed by atoms with van der Waals surface area (Å²) in [6.45, 7) is 0. The van der Waals surface area contributed by atoms with Crippen LogP contribution in [-0.4, -0.2) is 4.98 Å². The molecule has 1 heteroatoms. The van der Waals surface area contributed by atoms with E-state index in [2.05, 4.69) is 231 Å². The van der Waals surface area contributed by atoms with Gasteiger partial charge in [0.1, 0.15) is 0 Å². The summed E-state index contributed by atoms with van der Waals surface area (Å²) >= 11 is 0. The van der Waals surface area contributed by atoms with Crippen molar-refractivity contribution in [2.24, 2.45) is 0 Å². The van der Waals surface area contributed by atoms with E-state index in [9.17, 15) is 0 Å². The molecular weight excluding hydrogens is 723 g/mol. The second-order valence-electron chi connectivity index (χ2n) is 15.4. The maximum absolute atomic E-state index is 5.04. The molecule has 0 aliphatic rings. The van der Waals surface area contributed by atoms with Gasteiger partial charge >= 0.3 is 0 Å².